The highest BCUT2D eigenvalue weighted by atomic mass is 16.1. The minimum Gasteiger partial charge on any atom is -0.358 e. The average Bonchev–Trinajstić information content (AvgIpc) is 3.14. The van der Waals surface area contributed by atoms with Crippen molar-refractivity contribution < 1.29 is 4.79 Å². The van der Waals surface area contributed by atoms with Crippen molar-refractivity contribution >= 4 is 16.7 Å². The van der Waals surface area contributed by atoms with E-state index < -0.39 is 0 Å². The zero-order valence-corrected chi connectivity index (χ0v) is 14.1. The third-order valence-corrected chi connectivity index (χ3v) is 4.92. The molecule has 5 rings (SSSR count). The van der Waals surface area contributed by atoms with Crippen molar-refractivity contribution in [2.24, 2.45) is 0 Å². The van der Waals surface area contributed by atoms with Gasteiger partial charge in [-0.05, 0) is 35.0 Å². The molecule has 4 aromatic rings. The molecule has 4 nitrogen and oxygen atoms in total. The van der Waals surface area contributed by atoms with Crippen LogP contribution >= 0.6 is 0 Å². The molecular weight excluding hydrogens is 322 g/mol. The molecule has 0 saturated heterocycles. The summed E-state index contributed by atoms with van der Waals surface area (Å²) >= 11 is 0. The van der Waals surface area contributed by atoms with Gasteiger partial charge in [0.05, 0.1) is 11.3 Å². The van der Waals surface area contributed by atoms with Gasteiger partial charge in [-0.1, -0.05) is 36.4 Å². The van der Waals surface area contributed by atoms with Gasteiger partial charge in [-0.25, -0.2) is 0 Å². The van der Waals surface area contributed by atoms with Crippen LogP contribution in [-0.2, 0) is 6.42 Å². The first-order chi connectivity index (χ1) is 12.8. The lowest BCUT2D eigenvalue weighted by molar-refractivity contribution is 0.0946. The van der Waals surface area contributed by atoms with Crippen LogP contribution in [0.1, 0.15) is 16.1 Å². The predicted molar refractivity (Wildman–Crippen MR) is 103 cm³/mol. The van der Waals surface area contributed by atoms with Crippen molar-refractivity contribution in [1.82, 2.24) is 15.3 Å². The normalized spacial score (nSPS) is 13.5. The van der Waals surface area contributed by atoms with E-state index in [2.05, 4.69) is 51.7 Å². The van der Waals surface area contributed by atoms with E-state index >= 15 is 0 Å². The number of hydrogen-bond donors (Lipinski definition) is 2. The minimum atomic E-state index is -0.00226. The fourth-order valence-electron chi connectivity index (χ4n) is 3.55. The summed E-state index contributed by atoms with van der Waals surface area (Å²) in [5, 5.41) is 5.30. The summed E-state index contributed by atoms with van der Waals surface area (Å²) < 4.78 is 0. The van der Waals surface area contributed by atoms with Crippen LogP contribution in [0.4, 0.5) is 0 Å². The van der Waals surface area contributed by atoms with Gasteiger partial charge in [0.15, 0.2) is 0 Å². The highest BCUT2D eigenvalue weighted by Crippen LogP contribution is 2.28. The van der Waals surface area contributed by atoms with Crippen molar-refractivity contribution in [2.75, 3.05) is 6.54 Å². The molecule has 0 atom stereocenters. The van der Waals surface area contributed by atoms with Crippen LogP contribution in [0.2, 0.25) is 0 Å². The molecule has 2 aromatic heterocycles. The van der Waals surface area contributed by atoms with Crippen LogP contribution in [0.3, 0.4) is 0 Å². The molecule has 4 heteroatoms. The van der Waals surface area contributed by atoms with Gasteiger partial charge in [0.25, 0.3) is 5.91 Å². The van der Waals surface area contributed by atoms with Crippen LogP contribution in [0.5, 0.6) is 0 Å². The van der Waals surface area contributed by atoms with E-state index in [9.17, 15) is 4.79 Å². The molecule has 0 aliphatic carbocycles. The molecule has 1 aliphatic heterocycles. The number of benzene rings is 2. The molecule has 126 valence electrons. The average molecular weight is 339 g/mol. The highest BCUT2D eigenvalue weighted by Gasteiger charge is 2.20. The maximum Gasteiger partial charge on any atom is 0.253 e. The van der Waals surface area contributed by atoms with E-state index in [1.54, 1.807) is 0 Å². The SMILES string of the molecule is O=C1NCCc2[nH]c(-c3ccnc(-c4ccc5ccccc5c4)c3)cc21. The first-order valence-corrected chi connectivity index (χ1v) is 8.74. The molecule has 1 amide bonds. The number of hydrogen-bond acceptors (Lipinski definition) is 2. The molecule has 1 aliphatic rings. The van der Waals surface area contributed by atoms with Gasteiger partial charge in [-0.2, -0.15) is 0 Å². The number of aromatic nitrogens is 2. The Kier molecular flexibility index (Phi) is 3.35. The number of pyridine rings is 1. The molecule has 0 unspecified atom stereocenters. The van der Waals surface area contributed by atoms with Crippen LogP contribution < -0.4 is 5.32 Å². The van der Waals surface area contributed by atoms with E-state index in [0.717, 1.165) is 40.2 Å². The number of nitrogens with zero attached hydrogens (tertiary/aromatic N) is 1. The number of rotatable bonds is 2. The lowest BCUT2D eigenvalue weighted by Crippen LogP contribution is -2.31. The van der Waals surface area contributed by atoms with Gasteiger partial charge in [-0.3, -0.25) is 9.78 Å². The quantitative estimate of drug-likeness (QED) is 0.575. The van der Waals surface area contributed by atoms with Gasteiger partial charge in [0.2, 0.25) is 0 Å². The Balaban J connectivity index is 1.57. The summed E-state index contributed by atoms with van der Waals surface area (Å²) in [5.41, 5.74) is 5.75. The molecule has 0 saturated carbocycles. The largest absolute Gasteiger partial charge is 0.358 e. The molecule has 2 aromatic carbocycles. The van der Waals surface area contributed by atoms with Crippen molar-refractivity contribution in [1.29, 1.82) is 0 Å². The van der Waals surface area contributed by atoms with Crippen LogP contribution in [-0.4, -0.2) is 22.4 Å². The van der Waals surface area contributed by atoms with Gasteiger partial charge in [0, 0.05) is 41.7 Å². The fraction of sp³-hybridized carbons (Fsp3) is 0.0909. The first kappa shape index (κ1) is 14.9. The number of H-pyrrole nitrogens is 1. The maximum atomic E-state index is 12.0. The number of fused-ring (bicyclic) bond motifs is 2. The second-order valence-corrected chi connectivity index (χ2v) is 6.57. The molecule has 0 fully saturated rings. The van der Waals surface area contributed by atoms with Gasteiger partial charge in [0.1, 0.15) is 0 Å². The molecule has 3 heterocycles. The Bertz CT molecular complexity index is 1140. The van der Waals surface area contributed by atoms with Crippen molar-refractivity contribution in [2.45, 2.75) is 6.42 Å². The lowest BCUT2D eigenvalue weighted by Gasteiger charge is -2.11. The van der Waals surface area contributed by atoms with Gasteiger partial charge < -0.3 is 10.3 Å². The van der Waals surface area contributed by atoms with Crippen molar-refractivity contribution in [3.05, 3.63) is 78.1 Å². The summed E-state index contributed by atoms with van der Waals surface area (Å²) in [7, 11) is 0. The van der Waals surface area contributed by atoms with Gasteiger partial charge >= 0.3 is 0 Å². The summed E-state index contributed by atoms with van der Waals surface area (Å²) in [4.78, 5) is 19.9. The van der Waals surface area contributed by atoms with Crippen molar-refractivity contribution in [3.63, 3.8) is 0 Å². The molecule has 0 spiro atoms. The third kappa shape index (κ3) is 2.47. The number of aromatic amines is 1. The van der Waals surface area contributed by atoms with E-state index in [1.165, 1.54) is 10.8 Å². The van der Waals surface area contributed by atoms with E-state index in [0.29, 0.717) is 6.54 Å². The predicted octanol–water partition coefficient (Wildman–Crippen LogP) is 4.18. The molecule has 0 radical (unpaired) electrons. The Morgan fingerprint density at radius 2 is 1.77 bits per heavy atom. The van der Waals surface area contributed by atoms with Crippen LogP contribution in [0, 0.1) is 0 Å². The summed E-state index contributed by atoms with van der Waals surface area (Å²) in [6.07, 6.45) is 2.66. The third-order valence-electron chi connectivity index (χ3n) is 4.92. The maximum absolute atomic E-state index is 12.0. The lowest BCUT2D eigenvalue weighted by atomic mass is 10.0. The van der Waals surface area contributed by atoms with E-state index in [-0.39, 0.29) is 5.91 Å². The zero-order chi connectivity index (χ0) is 17.5. The second kappa shape index (κ2) is 5.85. The second-order valence-electron chi connectivity index (χ2n) is 6.57. The minimum absolute atomic E-state index is 0.00226. The van der Waals surface area contributed by atoms with E-state index in [4.69, 9.17) is 0 Å². The Hall–Kier alpha value is -3.40. The first-order valence-electron chi connectivity index (χ1n) is 8.74. The number of amides is 1. The Morgan fingerprint density at radius 1 is 0.885 bits per heavy atom. The molecular formula is C22H17N3O. The van der Waals surface area contributed by atoms with Crippen LogP contribution in [0.15, 0.2) is 66.9 Å². The number of carbonyl (C=O) groups excluding carboxylic acids is 1. The Labute approximate surface area is 150 Å². The summed E-state index contributed by atoms with van der Waals surface area (Å²) in [6.45, 7) is 0.685. The molecule has 2 N–H and O–H groups in total. The van der Waals surface area contributed by atoms with E-state index in [1.807, 2.05) is 30.5 Å². The number of nitrogens with one attached hydrogen (secondary N) is 2. The monoisotopic (exact) mass is 339 g/mol. The summed E-state index contributed by atoms with van der Waals surface area (Å²) in [5.74, 6) is -0.00226. The Morgan fingerprint density at radius 3 is 2.65 bits per heavy atom. The molecule has 0 bridgehead atoms. The molecule has 26 heavy (non-hydrogen) atoms. The van der Waals surface area contributed by atoms with Crippen molar-refractivity contribution in [3.8, 4) is 22.5 Å². The fourth-order valence-corrected chi connectivity index (χ4v) is 3.55. The zero-order valence-electron chi connectivity index (χ0n) is 14.1. The highest BCUT2D eigenvalue weighted by molar-refractivity contribution is 5.98. The summed E-state index contributed by atoms with van der Waals surface area (Å²) in [6, 6.07) is 20.7. The smallest absolute Gasteiger partial charge is 0.253 e. The van der Waals surface area contributed by atoms with Crippen LogP contribution in [0.25, 0.3) is 33.3 Å². The van der Waals surface area contributed by atoms with Gasteiger partial charge in [-0.15, -0.1) is 0 Å². The topological polar surface area (TPSA) is 57.8 Å². The standard InChI is InChI=1S/C22H17N3O/c26-22-18-13-21(25-19(18)8-10-24-22)17-7-9-23-20(12-17)16-6-5-14-3-1-2-4-15(14)11-16/h1-7,9,11-13,25H,8,10H2,(H,24,26). The number of carbonyl (C=O) groups is 1.